The molecule has 0 bridgehead atoms. The first-order valence-electron chi connectivity index (χ1n) is 0.928. The van der Waals surface area contributed by atoms with E-state index in [0.29, 0.717) is 0 Å². The van der Waals surface area contributed by atoms with Crippen LogP contribution in [-0.2, 0) is 4.79 Å². The average molecular weight is 74.0 g/mol. The molecule has 0 rings (SSSR count). The highest BCUT2D eigenvalue weighted by molar-refractivity contribution is 7.39. The molecule has 24 valence electrons. The van der Waals surface area contributed by atoms with E-state index >= 15 is 0 Å². The van der Waals surface area contributed by atoms with Crippen molar-refractivity contribution in [1.29, 1.82) is 0 Å². The maximum atomic E-state index is 9.31. The molecule has 0 atom stereocenters. The van der Waals surface area contributed by atoms with Crippen molar-refractivity contribution in [3.8, 4) is 0 Å². The van der Waals surface area contributed by atoms with Gasteiger partial charge in [0.2, 0.25) is 0 Å². The molecule has 0 aromatic heterocycles. The smallest absolute Gasteiger partial charge is 0.0662 e. The van der Waals surface area contributed by atoms with Crippen molar-refractivity contribution in [2.75, 3.05) is 0 Å². The van der Waals surface area contributed by atoms with Crippen molar-refractivity contribution >= 4 is 14.8 Å². The van der Waals surface area contributed by atoms with E-state index in [1.807, 2.05) is 0 Å². The Bertz CT molecular complexity index is 29.0. The number of hydrogen-bond donors (Lipinski definition) is 0. The van der Waals surface area contributed by atoms with E-state index < -0.39 is 0 Å². The molecule has 0 amide bonds. The van der Waals surface area contributed by atoms with E-state index in [2.05, 4.69) is 9.24 Å². The lowest BCUT2D eigenvalue weighted by Crippen LogP contribution is -1.60. The highest BCUT2D eigenvalue weighted by atomic mass is 31.0. The Kier molecular flexibility index (Phi) is 1.46. The highest BCUT2D eigenvalue weighted by Crippen LogP contribution is 1.74. The van der Waals surface area contributed by atoms with Gasteiger partial charge in [-0.2, -0.15) is 0 Å². The van der Waals surface area contributed by atoms with Gasteiger partial charge in [-0.15, -0.1) is 0 Å². The fraction of sp³-hybridized carbons (Fsp3) is 0.500. The third-order valence-corrected chi connectivity index (χ3v) is 0. The van der Waals surface area contributed by atoms with Gasteiger partial charge in [-0.3, -0.25) is 0 Å². The van der Waals surface area contributed by atoms with E-state index in [-0.39, 0.29) is 5.52 Å². The third kappa shape index (κ3) is 254. The van der Waals surface area contributed by atoms with Crippen LogP contribution in [0.15, 0.2) is 0 Å². The van der Waals surface area contributed by atoms with E-state index in [1.54, 1.807) is 0 Å². The number of carbonyl (C=O) groups is 1. The zero-order valence-corrected chi connectivity index (χ0v) is 3.25. The van der Waals surface area contributed by atoms with Crippen molar-refractivity contribution in [3.63, 3.8) is 0 Å². The molecule has 0 saturated heterocycles. The predicted molar refractivity (Wildman–Crippen MR) is 17.6 cm³/mol. The number of carbonyl (C=O) groups excluding carboxylic acids is 1. The lowest BCUT2D eigenvalue weighted by atomic mass is 10.9. The zero-order chi connectivity index (χ0) is 3.58. The summed E-state index contributed by atoms with van der Waals surface area (Å²) in [6.45, 7) is 1.39. The fourth-order valence-electron chi connectivity index (χ4n) is 0. The van der Waals surface area contributed by atoms with Gasteiger partial charge in [0, 0.05) is 0 Å². The van der Waals surface area contributed by atoms with Gasteiger partial charge in [0.25, 0.3) is 0 Å². The van der Waals surface area contributed by atoms with Crippen molar-refractivity contribution in [2.45, 2.75) is 6.92 Å². The quantitative estimate of drug-likeness (QED) is 0.391. The van der Waals surface area contributed by atoms with Crippen LogP contribution in [0.1, 0.15) is 6.92 Å². The minimum Gasteiger partial charge on any atom is -1.41 e. The Morgan fingerprint density at radius 2 is 2.00 bits per heavy atom. The summed E-state index contributed by atoms with van der Waals surface area (Å²) in [4.78, 5) is 9.31. The summed E-state index contributed by atoms with van der Waals surface area (Å²) in [5.74, 6) is 0. The highest BCUT2D eigenvalue weighted by Gasteiger charge is 1.23. The van der Waals surface area contributed by atoms with Gasteiger partial charge in [-0.1, -0.05) is 6.92 Å². The summed E-state index contributed by atoms with van der Waals surface area (Å²) >= 11 is 0. The van der Waals surface area contributed by atoms with Gasteiger partial charge in [-0.25, -0.2) is 5.52 Å². The minimum absolute atomic E-state index is 0.139. The molecule has 0 aromatic rings. The molecule has 0 aliphatic heterocycles. The van der Waals surface area contributed by atoms with Crippen molar-refractivity contribution < 1.29 is 4.79 Å². The lowest BCUT2D eigenvalue weighted by molar-refractivity contribution is -0.109. The van der Waals surface area contributed by atoms with Crippen LogP contribution < -0.4 is 0 Å². The van der Waals surface area contributed by atoms with E-state index in [0.717, 1.165) is 0 Å². The maximum absolute atomic E-state index is 9.31. The van der Waals surface area contributed by atoms with Crippen LogP contribution in [0.4, 0.5) is 0 Å². The van der Waals surface area contributed by atoms with Crippen LogP contribution in [0.3, 0.4) is 0 Å². The first-order chi connectivity index (χ1) is 1.73. The van der Waals surface area contributed by atoms with Crippen molar-refractivity contribution in [1.82, 2.24) is 0 Å². The second-order valence-corrected chi connectivity index (χ2v) is 1.15. The van der Waals surface area contributed by atoms with Gasteiger partial charge in [0.15, 0.2) is 0 Å². The summed E-state index contributed by atoms with van der Waals surface area (Å²) in [6.07, 6.45) is 0. The fourth-order valence-corrected chi connectivity index (χ4v) is 0. The molecule has 0 aliphatic carbocycles. The van der Waals surface area contributed by atoms with Crippen LogP contribution >= 0.6 is 9.24 Å². The van der Waals surface area contributed by atoms with Crippen LogP contribution in [0, 0.1) is 0 Å². The maximum Gasteiger partial charge on any atom is -0.0662 e. The van der Waals surface area contributed by atoms with E-state index in [1.165, 1.54) is 6.92 Å². The predicted octanol–water partition coefficient (Wildman–Crippen LogP) is 0.943. The second-order valence-electron chi connectivity index (χ2n) is 0.519. The molecule has 0 radical (unpaired) electrons. The largest absolute Gasteiger partial charge is 1.41 e. The summed E-state index contributed by atoms with van der Waals surface area (Å²) in [6, 6.07) is 0. The molecule has 0 aromatic carbocycles. The summed E-state index contributed by atoms with van der Waals surface area (Å²) in [5, 5.41) is 0. The summed E-state index contributed by atoms with van der Waals surface area (Å²) in [5.41, 5.74) is -0.139. The van der Waals surface area contributed by atoms with Gasteiger partial charge < -0.3 is 14.0 Å². The molecule has 0 unspecified atom stereocenters. The molecular formula is C2H3OP-2. The first-order valence-corrected chi connectivity index (χ1v) is 1.37. The minimum atomic E-state index is -0.139. The van der Waals surface area contributed by atoms with Gasteiger partial charge >= 0.3 is 0 Å². The topological polar surface area (TPSA) is 17.1 Å². The Balaban J connectivity index is 2.80. The Morgan fingerprint density at radius 3 is 2.00 bits per heavy atom. The number of rotatable bonds is 0. The average Bonchev–Trinajstić information content (AvgIpc) is 0.811. The van der Waals surface area contributed by atoms with E-state index in [9.17, 15) is 4.79 Å². The molecular weight excluding hydrogens is 71.0 g/mol. The van der Waals surface area contributed by atoms with Crippen molar-refractivity contribution in [2.24, 2.45) is 0 Å². The van der Waals surface area contributed by atoms with Crippen LogP contribution in [0.25, 0.3) is 0 Å². The van der Waals surface area contributed by atoms with Gasteiger partial charge in [-0.05, 0) is 0 Å². The zero-order valence-electron chi connectivity index (χ0n) is 2.36. The standard InChI is InChI=1S/C2H3OP/c1-2(3)4/h1H3/q-2. The summed E-state index contributed by atoms with van der Waals surface area (Å²) in [7, 11) is 3.33. The molecule has 0 aliphatic rings. The van der Waals surface area contributed by atoms with Crippen molar-refractivity contribution in [3.05, 3.63) is 0 Å². The van der Waals surface area contributed by atoms with Gasteiger partial charge in [0.05, 0.1) is 0 Å². The van der Waals surface area contributed by atoms with Crippen LogP contribution in [0.5, 0.6) is 0 Å². The molecule has 2 heteroatoms. The third-order valence-electron chi connectivity index (χ3n) is 0. The van der Waals surface area contributed by atoms with Crippen LogP contribution in [-0.4, -0.2) is 5.52 Å². The van der Waals surface area contributed by atoms with E-state index in [4.69, 9.17) is 0 Å². The number of hydrogen-bond acceptors (Lipinski definition) is 1. The lowest BCUT2D eigenvalue weighted by Gasteiger charge is -2.21. The molecule has 0 fully saturated rings. The molecule has 1 nitrogen and oxygen atoms in total. The first kappa shape index (κ1) is 4.10. The Morgan fingerprint density at radius 1 is 2.00 bits per heavy atom. The summed E-state index contributed by atoms with van der Waals surface area (Å²) < 4.78 is 0. The normalized spacial score (nSPS) is 6.50. The monoisotopic (exact) mass is 74.0 g/mol. The Labute approximate surface area is 27.6 Å². The molecule has 0 saturated carbocycles. The molecule has 0 heterocycles. The second kappa shape index (κ2) is 1.42. The molecule has 4 heavy (non-hydrogen) atoms. The van der Waals surface area contributed by atoms with Crippen LogP contribution in [0.2, 0.25) is 0 Å². The van der Waals surface area contributed by atoms with Gasteiger partial charge in [0.1, 0.15) is 0 Å². The molecule has 0 N–H and O–H groups in total. The molecule has 0 spiro atoms. The SMILES string of the molecule is CC(=O)[P-2]. The Hall–Kier alpha value is 0.100.